The molecule has 1 heterocycles. The van der Waals surface area contributed by atoms with E-state index in [1.165, 1.54) is 12.1 Å². The Hall–Kier alpha value is -1.94. The number of ether oxygens (including phenoxy) is 1. The molecule has 0 atom stereocenters. The molecule has 1 aromatic carbocycles. The number of aromatic nitrogens is 1. The van der Waals surface area contributed by atoms with E-state index in [1.54, 1.807) is 30.5 Å². The van der Waals surface area contributed by atoms with Crippen molar-refractivity contribution in [3.63, 3.8) is 0 Å². The van der Waals surface area contributed by atoms with E-state index in [1.807, 2.05) is 0 Å². The molecule has 1 N–H and O–H groups in total. The molecular weight excluding hydrogens is 221 g/mol. The predicted octanol–water partition coefficient (Wildman–Crippen LogP) is 2.29. The molecule has 0 aliphatic heterocycles. The molecule has 2 rings (SSSR count). The molecule has 0 saturated carbocycles. The fourth-order valence-corrected chi connectivity index (χ4v) is 1.34. The first-order valence-corrected chi connectivity index (χ1v) is 5.21. The molecular formula is C13H12FNO2. The second-order valence-electron chi connectivity index (χ2n) is 3.56. The summed E-state index contributed by atoms with van der Waals surface area (Å²) in [6, 6.07) is 9.56. The molecule has 88 valence electrons. The summed E-state index contributed by atoms with van der Waals surface area (Å²) in [5.41, 5.74) is 1.48. The van der Waals surface area contributed by atoms with Gasteiger partial charge in [0.25, 0.3) is 0 Å². The van der Waals surface area contributed by atoms with Crippen LogP contribution >= 0.6 is 0 Å². The van der Waals surface area contributed by atoms with Crippen molar-refractivity contribution in [3.8, 4) is 5.75 Å². The highest BCUT2D eigenvalue weighted by molar-refractivity contribution is 5.21. The molecule has 0 amide bonds. The highest BCUT2D eigenvalue weighted by atomic mass is 19.1. The molecule has 0 aliphatic rings. The van der Waals surface area contributed by atoms with E-state index in [9.17, 15) is 4.39 Å². The van der Waals surface area contributed by atoms with E-state index in [-0.39, 0.29) is 12.4 Å². The maximum absolute atomic E-state index is 12.7. The number of hydrogen-bond acceptors (Lipinski definition) is 3. The first-order chi connectivity index (χ1) is 8.28. The Balaban J connectivity index is 1.95. The summed E-state index contributed by atoms with van der Waals surface area (Å²) in [5.74, 6) is 0.356. The lowest BCUT2D eigenvalue weighted by Gasteiger charge is -2.06. The van der Waals surface area contributed by atoms with Crippen LogP contribution in [0.4, 0.5) is 4.39 Å². The minimum atomic E-state index is -0.261. The van der Waals surface area contributed by atoms with Crippen molar-refractivity contribution < 1.29 is 14.2 Å². The van der Waals surface area contributed by atoms with E-state index < -0.39 is 0 Å². The van der Waals surface area contributed by atoms with Crippen LogP contribution in [0.3, 0.4) is 0 Å². The van der Waals surface area contributed by atoms with Crippen molar-refractivity contribution in [3.05, 3.63) is 59.7 Å². The van der Waals surface area contributed by atoms with Gasteiger partial charge in [-0.15, -0.1) is 0 Å². The smallest absolute Gasteiger partial charge is 0.138 e. The van der Waals surface area contributed by atoms with Gasteiger partial charge in [-0.05, 0) is 29.8 Å². The number of pyridine rings is 1. The lowest BCUT2D eigenvalue weighted by molar-refractivity contribution is 0.275. The Kier molecular flexibility index (Phi) is 3.67. The van der Waals surface area contributed by atoms with Crippen LogP contribution in [0.25, 0.3) is 0 Å². The molecule has 0 spiro atoms. The van der Waals surface area contributed by atoms with Crippen LogP contribution in [-0.2, 0) is 13.2 Å². The van der Waals surface area contributed by atoms with Gasteiger partial charge in [0.05, 0.1) is 18.5 Å². The Labute approximate surface area is 98.5 Å². The zero-order valence-corrected chi connectivity index (χ0v) is 9.14. The Morgan fingerprint density at radius 1 is 1.12 bits per heavy atom. The van der Waals surface area contributed by atoms with Crippen LogP contribution < -0.4 is 4.74 Å². The third kappa shape index (κ3) is 3.26. The summed E-state index contributed by atoms with van der Waals surface area (Å²) < 4.78 is 18.1. The average Bonchev–Trinajstić information content (AvgIpc) is 2.39. The van der Waals surface area contributed by atoms with Gasteiger partial charge in [0.1, 0.15) is 18.2 Å². The number of hydrogen-bond donors (Lipinski definition) is 1. The minimum absolute atomic E-state index is 0.0851. The van der Waals surface area contributed by atoms with Gasteiger partial charge in [-0.1, -0.05) is 12.1 Å². The van der Waals surface area contributed by atoms with Crippen LogP contribution in [-0.4, -0.2) is 10.1 Å². The van der Waals surface area contributed by atoms with Gasteiger partial charge in [0.2, 0.25) is 0 Å². The van der Waals surface area contributed by atoms with Crippen molar-refractivity contribution in [2.45, 2.75) is 13.2 Å². The van der Waals surface area contributed by atoms with Crippen molar-refractivity contribution >= 4 is 0 Å². The van der Waals surface area contributed by atoms with Gasteiger partial charge >= 0.3 is 0 Å². The number of rotatable bonds is 4. The lowest BCUT2D eigenvalue weighted by Crippen LogP contribution is -1.97. The molecule has 0 bridgehead atoms. The standard InChI is InChI=1S/C13H12FNO2/c14-11-3-1-10(2-4-11)9-17-13-6-5-12(8-16)15-7-13/h1-7,16H,8-9H2. The first-order valence-electron chi connectivity index (χ1n) is 5.21. The largest absolute Gasteiger partial charge is 0.487 e. The van der Waals surface area contributed by atoms with Crippen LogP contribution in [0.1, 0.15) is 11.3 Å². The maximum atomic E-state index is 12.7. The molecule has 4 heteroatoms. The molecule has 2 aromatic rings. The van der Waals surface area contributed by atoms with Gasteiger partial charge in [0.15, 0.2) is 0 Å². The Bertz CT molecular complexity index is 468. The van der Waals surface area contributed by atoms with Crippen molar-refractivity contribution in [2.24, 2.45) is 0 Å². The topological polar surface area (TPSA) is 42.4 Å². The van der Waals surface area contributed by atoms with E-state index in [0.717, 1.165) is 5.56 Å². The SMILES string of the molecule is OCc1ccc(OCc2ccc(F)cc2)cn1. The molecule has 0 unspecified atom stereocenters. The second kappa shape index (κ2) is 5.41. The molecule has 0 aliphatic carbocycles. The lowest BCUT2D eigenvalue weighted by atomic mass is 10.2. The second-order valence-corrected chi connectivity index (χ2v) is 3.56. The molecule has 0 radical (unpaired) electrons. The molecule has 0 saturated heterocycles. The summed E-state index contributed by atoms with van der Waals surface area (Å²) >= 11 is 0. The zero-order valence-electron chi connectivity index (χ0n) is 9.14. The van der Waals surface area contributed by atoms with Gasteiger partial charge in [-0.25, -0.2) is 4.39 Å². The summed E-state index contributed by atoms with van der Waals surface area (Å²) in [6.07, 6.45) is 1.55. The fraction of sp³-hybridized carbons (Fsp3) is 0.154. The molecule has 3 nitrogen and oxygen atoms in total. The normalized spacial score (nSPS) is 10.2. The fourth-order valence-electron chi connectivity index (χ4n) is 1.34. The van der Waals surface area contributed by atoms with Crippen LogP contribution in [0.15, 0.2) is 42.6 Å². The number of aliphatic hydroxyl groups excluding tert-OH is 1. The van der Waals surface area contributed by atoms with Gasteiger partial charge < -0.3 is 9.84 Å². The highest BCUT2D eigenvalue weighted by Crippen LogP contribution is 2.12. The van der Waals surface area contributed by atoms with Crippen LogP contribution in [0.5, 0.6) is 5.75 Å². The zero-order chi connectivity index (χ0) is 12.1. The van der Waals surface area contributed by atoms with E-state index >= 15 is 0 Å². The highest BCUT2D eigenvalue weighted by Gasteiger charge is 1.98. The monoisotopic (exact) mass is 233 g/mol. The maximum Gasteiger partial charge on any atom is 0.138 e. The van der Waals surface area contributed by atoms with Crippen LogP contribution in [0, 0.1) is 5.82 Å². The third-order valence-corrected chi connectivity index (χ3v) is 2.28. The molecule has 17 heavy (non-hydrogen) atoms. The van der Waals surface area contributed by atoms with Crippen LogP contribution in [0.2, 0.25) is 0 Å². The molecule has 0 fully saturated rings. The predicted molar refractivity (Wildman–Crippen MR) is 60.9 cm³/mol. The van der Waals surface area contributed by atoms with Gasteiger partial charge in [-0.3, -0.25) is 4.98 Å². The van der Waals surface area contributed by atoms with Crippen molar-refractivity contribution in [1.82, 2.24) is 4.98 Å². The first kappa shape index (κ1) is 11.5. The average molecular weight is 233 g/mol. The Morgan fingerprint density at radius 2 is 1.88 bits per heavy atom. The quantitative estimate of drug-likeness (QED) is 0.881. The van der Waals surface area contributed by atoms with E-state index in [0.29, 0.717) is 18.1 Å². The number of aliphatic hydroxyl groups is 1. The Morgan fingerprint density at radius 3 is 2.47 bits per heavy atom. The number of nitrogens with zero attached hydrogens (tertiary/aromatic N) is 1. The van der Waals surface area contributed by atoms with E-state index in [4.69, 9.17) is 9.84 Å². The number of benzene rings is 1. The van der Waals surface area contributed by atoms with Gasteiger partial charge in [-0.2, -0.15) is 0 Å². The molecule has 1 aromatic heterocycles. The number of halogens is 1. The van der Waals surface area contributed by atoms with Gasteiger partial charge in [0, 0.05) is 0 Å². The minimum Gasteiger partial charge on any atom is -0.487 e. The summed E-state index contributed by atoms with van der Waals surface area (Å²) in [5, 5.41) is 8.82. The third-order valence-electron chi connectivity index (χ3n) is 2.28. The van der Waals surface area contributed by atoms with Crippen molar-refractivity contribution in [2.75, 3.05) is 0 Å². The van der Waals surface area contributed by atoms with Crippen molar-refractivity contribution in [1.29, 1.82) is 0 Å². The summed E-state index contributed by atoms with van der Waals surface area (Å²) in [7, 11) is 0. The summed E-state index contributed by atoms with van der Waals surface area (Å²) in [6.45, 7) is 0.276. The van der Waals surface area contributed by atoms with E-state index in [2.05, 4.69) is 4.98 Å². The summed E-state index contributed by atoms with van der Waals surface area (Å²) in [4.78, 5) is 3.99.